The highest BCUT2D eigenvalue weighted by molar-refractivity contribution is 5.71. The number of unbranched alkanes of at least 4 members (excludes halogenated alkanes) is 34. The third-order valence-corrected chi connectivity index (χ3v) is 11.8. The predicted octanol–water partition coefficient (Wildman–Crippen LogP) is 16.7. The Hall–Kier alpha value is -1.59. The highest BCUT2D eigenvalue weighted by atomic mass is 16.6. The van der Waals surface area contributed by atoms with Crippen LogP contribution in [0, 0.1) is 5.92 Å². The highest BCUT2D eigenvalue weighted by Crippen LogP contribution is 2.17. The molecule has 0 aromatic heterocycles. The SMILES string of the molecule is CCCCCCCCCCCCCCC(=O)OC[C@H](COC(=O)CCCCCCCCCCCC)OC(=O)CCCCCCCCCCCCCCCCCC(C)C. The molecule has 0 bridgehead atoms. The Morgan fingerprint density at radius 1 is 0.328 bits per heavy atom. The van der Waals surface area contributed by atoms with Crippen LogP contribution in [0.4, 0.5) is 0 Å². The summed E-state index contributed by atoms with van der Waals surface area (Å²) in [6, 6.07) is 0. The van der Waals surface area contributed by atoms with Crippen molar-refractivity contribution >= 4 is 17.9 Å². The van der Waals surface area contributed by atoms with Crippen LogP contribution in [-0.2, 0) is 28.6 Å². The van der Waals surface area contributed by atoms with Gasteiger partial charge in [0.2, 0.25) is 0 Å². The van der Waals surface area contributed by atoms with E-state index in [4.69, 9.17) is 14.2 Å². The van der Waals surface area contributed by atoms with Crippen LogP contribution in [-0.4, -0.2) is 37.2 Å². The summed E-state index contributed by atoms with van der Waals surface area (Å²) in [7, 11) is 0. The average Bonchev–Trinajstić information content (AvgIpc) is 3.21. The van der Waals surface area contributed by atoms with Crippen LogP contribution < -0.4 is 0 Å². The van der Waals surface area contributed by atoms with Gasteiger partial charge in [0, 0.05) is 19.3 Å². The molecule has 0 rings (SSSR count). The lowest BCUT2D eigenvalue weighted by molar-refractivity contribution is -0.167. The van der Waals surface area contributed by atoms with Gasteiger partial charge in [-0.1, -0.05) is 252 Å². The summed E-state index contributed by atoms with van der Waals surface area (Å²) in [6.07, 6.45) is 48.0. The van der Waals surface area contributed by atoms with Crippen molar-refractivity contribution in [2.45, 2.75) is 297 Å². The van der Waals surface area contributed by atoms with Gasteiger partial charge in [-0.3, -0.25) is 14.4 Å². The van der Waals surface area contributed by atoms with Crippen molar-refractivity contribution in [2.75, 3.05) is 13.2 Å². The summed E-state index contributed by atoms with van der Waals surface area (Å²) < 4.78 is 16.8. The van der Waals surface area contributed by atoms with Crippen LogP contribution in [0.15, 0.2) is 0 Å². The number of rotatable bonds is 47. The maximum absolute atomic E-state index is 12.8. The molecule has 0 aromatic rings. The van der Waals surface area contributed by atoms with E-state index in [9.17, 15) is 14.4 Å². The Morgan fingerprint density at radius 3 is 0.845 bits per heavy atom. The van der Waals surface area contributed by atoms with Crippen molar-refractivity contribution < 1.29 is 28.6 Å². The number of hydrogen-bond donors (Lipinski definition) is 0. The van der Waals surface area contributed by atoms with Crippen molar-refractivity contribution in [2.24, 2.45) is 5.92 Å². The fourth-order valence-electron chi connectivity index (χ4n) is 7.86. The second kappa shape index (κ2) is 46.5. The summed E-state index contributed by atoms with van der Waals surface area (Å²) in [5.74, 6) is 0.00237. The van der Waals surface area contributed by atoms with E-state index in [0.29, 0.717) is 19.3 Å². The first-order valence-electron chi connectivity index (χ1n) is 25.9. The van der Waals surface area contributed by atoms with Gasteiger partial charge >= 0.3 is 17.9 Å². The van der Waals surface area contributed by atoms with E-state index in [1.165, 1.54) is 186 Å². The molecular weight excluding hydrogens is 721 g/mol. The Labute approximate surface area is 361 Å². The van der Waals surface area contributed by atoms with Crippen LogP contribution in [0.5, 0.6) is 0 Å². The molecule has 0 aliphatic heterocycles. The third-order valence-electron chi connectivity index (χ3n) is 11.8. The molecule has 1 atom stereocenters. The number of hydrogen-bond acceptors (Lipinski definition) is 6. The molecule has 0 saturated carbocycles. The molecule has 6 nitrogen and oxygen atoms in total. The van der Waals surface area contributed by atoms with Gasteiger partial charge in [0.25, 0.3) is 0 Å². The highest BCUT2D eigenvalue weighted by Gasteiger charge is 2.19. The molecular formula is C52H100O6. The first-order chi connectivity index (χ1) is 28.4. The second-order valence-electron chi connectivity index (χ2n) is 18.3. The van der Waals surface area contributed by atoms with Gasteiger partial charge in [-0.05, 0) is 25.2 Å². The largest absolute Gasteiger partial charge is 0.462 e. The molecule has 0 spiro atoms. The summed E-state index contributed by atoms with van der Waals surface area (Å²) in [5.41, 5.74) is 0. The summed E-state index contributed by atoms with van der Waals surface area (Å²) in [6.45, 7) is 9.03. The van der Waals surface area contributed by atoms with E-state index in [-0.39, 0.29) is 31.1 Å². The molecule has 6 heteroatoms. The number of esters is 3. The standard InChI is InChI=1S/C52H100O6/c1-5-7-9-11-13-15-17-24-28-32-36-40-44-51(54)57-47-49(46-56-50(53)43-39-35-31-27-16-14-12-10-8-6-2)58-52(55)45-41-37-33-29-25-22-20-18-19-21-23-26-30-34-38-42-48(3)4/h48-49H,5-47H2,1-4H3/t49-/m0/s1. The van der Waals surface area contributed by atoms with Crippen LogP contribution in [0.2, 0.25) is 0 Å². The van der Waals surface area contributed by atoms with E-state index in [0.717, 1.165) is 63.7 Å². The maximum atomic E-state index is 12.8. The number of carbonyl (C=O) groups excluding carboxylic acids is 3. The fourth-order valence-corrected chi connectivity index (χ4v) is 7.86. The number of carbonyl (C=O) groups is 3. The average molecular weight is 821 g/mol. The maximum Gasteiger partial charge on any atom is 0.306 e. The van der Waals surface area contributed by atoms with Crippen molar-refractivity contribution in [3.8, 4) is 0 Å². The van der Waals surface area contributed by atoms with Crippen molar-refractivity contribution in [3.05, 3.63) is 0 Å². The smallest absolute Gasteiger partial charge is 0.306 e. The Balaban J connectivity index is 4.26. The van der Waals surface area contributed by atoms with Crippen molar-refractivity contribution in [3.63, 3.8) is 0 Å². The van der Waals surface area contributed by atoms with Crippen LogP contribution in [0.25, 0.3) is 0 Å². The van der Waals surface area contributed by atoms with E-state index in [1.807, 2.05) is 0 Å². The molecule has 344 valence electrons. The normalized spacial score (nSPS) is 11.9. The molecule has 0 radical (unpaired) electrons. The molecule has 0 aliphatic rings. The van der Waals surface area contributed by atoms with E-state index >= 15 is 0 Å². The summed E-state index contributed by atoms with van der Waals surface area (Å²) >= 11 is 0. The lowest BCUT2D eigenvalue weighted by Crippen LogP contribution is -2.30. The van der Waals surface area contributed by atoms with Gasteiger partial charge in [0.15, 0.2) is 6.10 Å². The minimum absolute atomic E-state index is 0.0627. The molecule has 0 saturated heterocycles. The minimum Gasteiger partial charge on any atom is -0.462 e. The third kappa shape index (κ3) is 45.5. The second-order valence-corrected chi connectivity index (χ2v) is 18.3. The quantitative estimate of drug-likeness (QED) is 0.0346. The monoisotopic (exact) mass is 821 g/mol. The first kappa shape index (κ1) is 56.4. The van der Waals surface area contributed by atoms with E-state index in [1.54, 1.807) is 0 Å². The van der Waals surface area contributed by atoms with Gasteiger partial charge in [0.1, 0.15) is 13.2 Å². The molecule has 0 aromatic carbocycles. The van der Waals surface area contributed by atoms with Gasteiger partial charge in [-0.25, -0.2) is 0 Å². The first-order valence-corrected chi connectivity index (χ1v) is 25.9. The summed E-state index contributed by atoms with van der Waals surface area (Å²) in [4.78, 5) is 37.9. The van der Waals surface area contributed by atoms with Gasteiger partial charge in [-0.15, -0.1) is 0 Å². The van der Waals surface area contributed by atoms with Gasteiger partial charge in [-0.2, -0.15) is 0 Å². The lowest BCUT2D eigenvalue weighted by atomic mass is 10.0. The Kier molecular flexibility index (Phi) is 45.2. The van der Waals surface area contributed by atoms with Crippen molar-refractivity contribution in [1.29, 1.82) is 0 Å². The van der Waals surface area contributed by atoms with Gasteiger partial charge in [0.05, 0.1) is 0 Å². The zero-order chi connectivity index (χ0) is 42.4. The minimum atomic E-state index is -0.759. The molecule has 0 unspecified atom stereocenters. The molecule has 0 N–H and O–H groups in total. The zero-order valence-corrected chi connectivity index (χ0v) is 39.5. The van der Waals surface area contributed by atoms with E-state index < -0.39 is 6.10 Å². The Bertz CT molecular complexity index is 872. The van der Waals surface area contributed by atoms with Crippen LogP contribution in [0.3, 0.4) is 0 Å². The van der Waals surface area contributed by atoms with Crippen molar-refractivity contribution in [1.82, 2.24) is 0 Å². The molecule has 0 fully saturated rings. The lowest BCUT2D eigenvalue weighted by Gasteiger charge is -2.18. The molecule has 0 aliphatic carbocycles. The molecule has 0 heterocycles. The molecule has 0 amide bonds. The van der Waals surface area contributed by atoms with E-state index in [2.05, 4.69) is 27.7 Å². The Morgan fingerprint density at radius 2 is 0.569 bits per heavy atom. The van der Waals surface area contributed by atoms with Crippen LogP contribution in [0.1, 0.15) is 291 Å². The predicted molar refractivity (Wildman–Crippen MR) is 247 cm³/mol. The zero-order valence-electron chi connectivity index (χ0n) is 39.5. The summed E-state index contributed by atoms with van der Waals surface area (Å²) in [5, 5.41) is 0. The van der Waals surface area contributed by atoms with Crippen LogP contribution >= 0.6 is 0 Å². The molecule has 58 heavy (non-hydrogen) atoms. The van der Waals surface area contributed by atoms with Gasteiger partial charge < -0.3 is 14.2 Å². The topological polar surface area (TPSA) is 78.9 Å². The number of ether oxygens (including phenoxy) is 3. The fraction of sp³-hybridized carbons (Fsp3) is 0.942.